The van der Waals surface area contributed by atoms with Crippen LogP contribution in [0.15, 0.2) is 77.7 Å². The van der Waals surface area contributed by atoms with E-state index in [1.807, 2.05) is 0 Å². The molecule has 0 aliphatic carbocycles. The molecule has 6 heteroatoms. The maximum absolute atomic E-state index is 13.5. The van der Waals surface area contributed by atoms with Gasteiger partial charge in [-0.25, -0.2) is 4.79 Å². The number of carbonyl (C=O) groups is 1. The summed E-state index contributed by atoms with van der Waals surface area (Å²) in [5, 5.41) is 8.90. The predicted molar refractivity (Wildman–Crippen MR) is 99.8 cm³/mol. The van der Waals surface area contributed by atoms with Crippen LogP contribution in [0.5, 0.6) is 0 Å². The van der Waals surface area contributed by atoms with Gasteiger partial charge in [0.05, 0.1) is 11.1 Å². The largest absolute Gasteiger partial charge is 0.478 e. The fourth-order valence-electron chi connectivity index (χ4n) is 2.63. The molecule has 0 heterocycles. The highest BCUT2D eigenvalue weighted by molar-refractivity contribution is 7.98. The molecule has 0 fully saturated rings. The molecule has 0 aromatic heterocycles. The second-order valence-corrected chi connectivity index (χ2v) is 6.91. The number of halogens is 3. The van der Waals surface area contributed by atoms with E-state index in [0.29, 0.717) is 16.2 Å². The molecule has 3 aromatic carbocycles. The Labute approximate surface area is 158 Å². The van der Waals surface area contributed by atoms with E-state index in [1.54, 1.807) is 48.5 Å². The molecule has 0 amide bonds. The number of carboxylic acid groups (broad SMARTS) is 1. The average molecular weight is 388 g/mol. The van der Waals surface area contributed by atoms with Gasteiger partial charge >= 0.3 is 12.1 Å². The van der Waals surface area contributed by atoms with Crippen LogP contribution in [0.1, 0.15) is 21.5 Å². The van der Waals surface area contributed by atoms with Crippen molar-refractivity contribution in [3.8, 4) is 11.1 Å². The molecule has 2 nitrogen and oxygen atoms in total. The number of rotatable bonds is 5. The van der Waals surface area contributed by atoms with E-state index in [9.17, 15) is 18.0 Å². The van der Waals surface area contributed by atoms with Crippen LogP contribution >= 0.6 is 11.8 Å². The number of hydrogen-bond acceptors (Lipinski definition) is 2. The Bertz CT molecular complexity index is 936. The van der Waals surface area contributed by atoms with Gasteiger partial charge in [-0.05, 0) is 41.0 Å². The van der Waals surface area contributed by atoms with Crippen molar-refractivity contribution in [2.45, 2.75) is 16.8 Å². The topological polar surface area (TPSA) is 37.3 Å². The smallest absolute Gasteiger partial charge is 0.417 e. The maximum Gasteiger partial charge on any atom is 0.417 e. The zero-order valence-corrected chi connectivity index (χ0v) is 14.8. The van der Waals surface area contributed by atoms with Gasteiger partial charge in [0.15, 0.2) is 0 Å². The van der Waals surface area contributed by atoms with Gasteiger partial charge in [0.25, 0.3) is 0 Å². The number of alkyl halides is 3. The molecular formula is C21H15F3O2S. The summed E-state index contributed by atoms with van der Waals surface area (Å²) in [6, 6.07) is 19.1. The minimum atomic E-state index is -4.45. The Morgan fingerprint density at radius 3 is 2.19 bits per heavy atom. The van der Waals surface area contributed by atoms with Gasteiger partial charge < -0.3 is 5.11 Å². The third-order valence-electron chi connectivity index (χ3n) is 3.99. The normalized spacial score (nSPS) is 11.4. The first-order valence-electron chi connectivity index (χ1n) is 8.06. The quantitative estimate of drug-likeness (QED) is 0.517. The molecule has 3 rings (SSSR count). The number of thioether (sulfide) groups is 1. The fraction of sp³-hybridized carbons (Fsp3) is 0.0952. The van der Waals surface area contributed by atoms with E-state index in [1.165, 1.54) is 36.0 Å². The lowest BCUT2D eigenvalue weighted by molar-refractivity contribution is -0.137. The van der Waals surface area contributed by atoms with Crippen LogP contribution in [0, 0.1) is 0 Å². The third-order valence-corrected chi connectivity index (χ3v) is 5.05. The Kier molecular flexibility index (Phi) is 5.56. The van der Waals surface area contributed by atoms with Crippen molar-refractivity contribution in [3.05, 3.63) is 89.5 Å². The number of carboxylic acids is 1. The monoisotopic (exact) mass is 388 g/mol. The molecule has 0 aliphatic rings. The van der Waals surface area contributed by atoms with Gasteiger partial charge in [-0.1, -0.05) is 48.5 Å². The molecule has 0 atom stereocenters. The van der Waals surface area contributed by atoms with Crippen molar-refractivity contribution in [2.24, 2.45) is 0 Å². The molecule has 0 spiro atoms. The van der Waals surface area contributed by atoms with Crippen LogP contribution in [0.25, 0.3) is 11.1 Å². The summed E-state index contributed by atoms with van der Waals surface area (Å²) < 4.78 is 40.6. The van der Waals surface area contributed by atoms with Gasteiger partial charge in [0.1, 0.15) is 0 Å². The molecule has 27 heavy (non-hydrogen) atoms. The van der Waals surface area contributed by atoms with E-state index < -0.39 is 17.7 Å². The van der Waals surface area contributed by atoms with Crippen LogP contribution in [-0.4, -0.2) is 11.1 Å². The van der Waals surface area contributed by atoms with Crippen molar-refractivity contribution in [2.75, 3.05) is 0 Å². The average Bonchev–Trinajstić information content (AvgIpc) is 2.66. The summed E-state index contributed by atoms with van der Waals surface area (Å²) in [7, 11) is 0. The summed E-state index contributed by atoms with van der Waals surface area (Å²) in [6.07, 6.45) is -4.45. The summed E-state index contributed by atoms with van der Waals surface area (Å²) >= 11 is 1.27. The molecule has 0 radical (unpaired) electrons. The van der Waals surface area contributed by atoms with Gasteiger partial charge in [-0.2, -0.15) is 13.2 Å². The second-order valence-electron chi connectivity index (χ2n) is 5.86. The minimum Gasteiger partial charge on any atom is -0.478 e. The highest BCUT2D eigenvalue weighted by atomic mass is 32.2. The van der Waals surface area contributed by atoms with Crippen molar-refractivity contribution in [1.29, 1.82) is 0 Å². The number of benzene rings is 3. The lowest BCUT2D eigenvalue weighted by Gasteiger charge is -2.15. The van der Waals surface area contributed by atoms with Crippen LogP contribution in [-0.2, 0) is 11.9 Å². The molecule has 0 saturated carbocycles. The molecule has 3 aromatic rings. The first-order valence-corrected chi connectivity index (χ1v) is 9.05. The van der Waals surface area contributed by atoms with Crippen molar-refractivity contribution >= 4 is 17.7 Å². The van der Waals surface area contributed by atoms with Gasteiger partial charge in [-0.3, -0.25) is 0 Å². The van der Waals surface area contributed by atoms with Gasteiger partial charge in [0.2, 0.25) is 0 Å². The highest BCUT2D eigenvalue weighted by Gasteiger charge is 2.34. The summed E-state index contributed by atoms with van der Waals surface area (Å²) in [4.78, 5) is 11.4. The molecular weight excluding hydrogens is 373 g/mol. The molecule has 138 valence electrons. The van der Waals surface area contributed by atoms with E-state index >= 15 is 0 Å². The third kappa shape index (κ3) is 4.71. The first-order chi connectivity index (χ1) is 12.8. The van der Waals surface area contributed by atoms with Crippen molar-refractivity contribution < 1.29 is 23.1 Å². The summed E-state index contributed by atoms with van der Waals surface area (Å²) in [5.74, 6) is -0.567. The van der Waals surface area contributed by atoms with Crippen molar-refractivity contribution in [3.63, 3.8) is 0 Å². The number of hydrogen-bond donors (Lipinski definition) is 1. The first kappa shape index (κ1) is 19.0. The summed E-state index contributed by atoms with van der Waals surface area (Å²) in [5.41, 5.74) is 1.02. The highest BCUT2D eigenvalue weighted by Crippen LogP contribution is 2.39. The maximum atomic E-state index is 13.5. The predicted octanol–water partition coefficient (Wildman–Crippen LogP) is 6.36. The number of aromatic carboxylic acids is 1. The molecule has 0 unspecified atom stereocenters. The molecule has 0 aliphatic heterocycles. The Morgan fingerprint density at radius 1 is 0.926 bits per heavy atom. The molecule has 1 N–H and O–H groups in total. The molecule has 0 saturated heterocycles. The second kappa shape index (κ2) is 7.88. The Hall–Kier alpha value is -2.73. The zero-order chi connectivity index (χ0) is 19.4. The lowest BCUT2D eigenvalue weighted by atomic mass is 9.99. The standard InChI is InChI=1S/C21H15F3O2S/c22-21(23,24)19-12-17(10-11-18(19)15-4-2-1-3-5-15)27-13-14-6-8-16(9-7-14)20(25)26/h1-12H,13H2,(H,25,26). The van der Waals surface area contributed by atoms with E-state index in [0.717, 1.165) is 5.56 Å². The van der Waals surface area contributed by atoms with E-state index in [4.69, 9.17) is 5.11 Å². The van der Waals surface area contributed by atoms with Gasteiger partial charge in [0, 0.05) is 10.6 Å². The fourth-order valence-corrected chi connectivity index (χ4v) is 3.52. The minimum absolute atomic E-state index is 0.151. The van der Waals surface area contributed by atoms with Gasteiger partial charge in [-0.15, -0.1) is 11.8 Å². The SMILES string of the molecule is O=C(O)c1ccc(CSc2ccc(-c3ccccc3)c(C(F)(F)F)c2)cc1. The van der Waals surface area contributed by atoms with Crippen LogP contribution in [0.2, 0.25) is 0 Å². The summed E-state index contributed by atoms with van der Waals surface area (Å²) in [6.45, 7) is 0. The Morgan fingerprint density at radius 2 is 1.59 bits per heavy atom. The van der Waals surface area contributed by atoms with E-state index in [-0.39, 0.29) is 11.1 Å². The lowest BCUT2D eigenvalue weighted by Crippen LogP contribution is -2.07. The van der Waals surface area contributed by atoms with Crippen molar-refractivity contribution in [1.82, 2.24) is 0 Å². The van der Waals surface area contributed by atoms with E-state index in [2.05, 4.69) is 0 Å². The van der Waals surface area contributed by atoms with Crippen LogP contribution < -0.4 is 0 Å². The van der Waals surface area contributed by atoms with Crippen LogP contribution in [0.3, 0.4) is 0 Å². The zero-order valence-electron chi connectivity index (χ0n) is 14.0. The molecule has 0 bridgehead atoms. The van der Waals surface area contributed by atoms with Crippen LogP contribution in [0.4, 0.5) is 13.2 Å². The Balaban J connectivity index is 1.83.